The Balaban J connectivity index is 1.14. The van der Waals surface area contributed by atoms with E-state index >= 15 is 0 Å². The molecule has 2 saturated heterocycles. The number of hydrogen-bond donors (Lipinski definition) is 1. The monoisotopic (exact) mass is 417 g/mol. The number of carbonyl (C=O) groups is 1. The number of morpholine rings is 1. The SMILES string of the molecule is O=C(c1cccc2[nH]ccc12)N1CCC(Cc2ccc(CN3CCOCC3)cc2)CC1. The largest absolute Gasteiger partial charge is 0.379 e. The molecule has 3 heterocycles. The number of amides is 1. The number of nitrogens with one attached hydrogen (secondary N) is 1. The standard InChI is InChI=1S/C26H31N3O2/c30-26(24-2-1-3-25-23(24)8-11-27-25)29-12-9-21(10-13-29)18-20-4-6-22(7-5-20)19-28-14-16-31-17-15-28/h1-8,11,21,27H,9-10,12-19H2. The van der Waals surface area contributed by atoms with Gasteiger partial charge in [0.05, 0.1) is 13.2 Å². The summed E-state index contributed by atoms with van der Waals surface area (Å²) in [4.78, 5) is 20.8. The maximum atomic E-state index is 13.1. The molecule has 5 rings (SSSR count). The van der Waals surface area contributed by atoms with Gasteiger partial charge in [-0.3, -0.25) is 9.69 Å². The van der Waals surface area contributed by atoms with Crippen molar-refractivity contribution in [3.05, 3.63) is 71.4 Å². The van der Waals surface area contributed by atoms with E-state index in [-0.39, 0.29) is 5.91 Å². The minimum atomic E-state index is 0.163. The van der Waals surface area contributed by atoms with Crippen LogP contribution in [0.5, 0.6) is 0 Å². The quantitative estimate of drug-likeness (QED) is 0.680. The lowest BCUT2D eigenvalue weighted by Crippen LogP contribution is -2.39. The van der Waals surface area contributed by atoms with Gasteiger partial charge in [0.1, 0.15) is 0 Å². The van der Waals surface area contributed by atoms with E-state index in [0.29, 0.717) is 5.92 Å². The van der Waals surface area contributed by atoms with E-state index in [1.807, 2.05) is 35.4 Å². The molecule has 5 heteroatoms. The molecule has 0 aliphatic carbocycles. The van der Waals surface area contributed by atoms with Crippen LogP contribution >= 0.6 is 0 Å². The number of fused-ring (bicyclic) bond motifs is 1. The number of carbonyl (C=O) groups excluding carboxylic acids is 1. The Morgan fingerprint density at radius 3 is 2.45 bits per heavy atom. The van der Waals surface area contributed by atoms with Gasteiger partial charge in [-0.2, -0.15) is 0 Å². The Bertz CT molecular complexity index is 1010. The molecule has 3 aromatic rings. The molecule has 5 nitrogen and oxygen atoms in total. The van der Waals surface area contributed by atoms with Gasteiger partial charge in [0.15, 0.2) is 0 Å². The Kier molecular flexibility index (Phi) is 6.05. The van der Waals surface area contributed by atoms with Crippen LogP contribution in [0, 0.1) is 5.92 Å². The van der Waals surface area contributed by atoms with Gasteiger partial charge < -0.3 is 14.6 Å². The van der Waals surface area contributed by atoms with Gasteiger partial charge in [-0.1, -0.05) is 30.3 Å². The number of H-pyrrole nitrogens is 1. The van der Waals surface area contributed by atoms with Crippen molar-refractivity contribution in [2.24, 2.45) is 5.92 Å². The van der Waals surface area contributed by atoms with Gasteiger partial charge in [-0.15, -0.1) is 0 Å². The van der Waals surface area contributed by atoms with E-state index in [2.05, 4.69) is 34.1 Å². The number of piperidine rings is 1. The number of benzene rings is 2. The summed E-state index contributed by atoms with van der Waals surface area (Å²) in [5.74, 6) is 0.813. The highest BCUT2D eigenvalue weighted by atomic mass is 16.5. The molecule has 162 valence electrons. The van der Waals surface area contributed by atoms with Crippen molar-refractivity contribution in [2.75, 3.05) is 39.4 Å². The van der Waals surface area contributed by atoms with Crippen molar-refractivity contribution < 1.29 is 9.53 Å². The number of hydrogen-bond acceptors (Lipinski definition) is 3. The molecule has 1 N–H and O–H groups in total. The summed E-state index contributed by atoms with van der Waals surface area (Å²) in [6, 6.07) is 17.1. The van der Waals surface area contributed by atoms with Crippen LogP contribution in [-0.4, -0.2) is 60.1 Å². The average molecular weight is 418 g/mol. The molecule has 0 bridgehead atoms. The van der Waals surface area contributed by atoms with Gasteiger partial charge in [-0.25, -0.2) is 0 Å². The molecule has 2 aliphatic rings. The Morgan fingerprint density at radius 1 is 0.935 bits per heavy atom. The van der Waals surface area contributed by atoms with Crippen molar-refractivity contribution >= 4 is 16.8 Å². The highest BCUT2D eigenvalue weighted by Gasteiger charge is 2.25. The first kappa shape index (κ1) is 20.3. The maximum absolute atomic E-state index is 13.1. The summed E-state index contributed by atoms with van der Waals surface area (Å²) in [7, 11) is 0. The molecule has 2 aromatic carbocycles. The highest BCUT2D eigenvalue weighted by molar-refractivity contribution is 6.06. The van der Waals surface area contributed by atoms with Crippen LogP contribution in [0.1, 0.15) is 34.3 Å². The molecule has 0 spiro atoms. The lowest BCUT2D eigenvalue weighted by Gasteiger charge is -2.32. The molecular weight excluding hydrogens is 386 g/mol. The first-order chi connectivity index (χ1) is 15.3. The first-order valence-electron chi connectivity index (χ1n) is 11.5. The second-order valence-corrected chi connectivity index (χ2v) is 8.89. The predicted octanol–water partition coefficient (Wildman–Crippen LogP) is 4.10. The minimum Gasteiger partial charge on any atom is -0.379 e. The topological polar surface area (TPSA) is 48.6 Å². The second-order valence-electron chi connectivity index (χ2n) is 8.89. The second kappa shape index (κ2) is 9.25. The zero-order valence-electron chi connectivity index (χ0n) is 18.1. The van der Waals surface area contributed by atoms with Gasteiger partial charge in [-0.05, 0) is 54.5 Å². The van der Waals surface area contributed by atoms with E-state index in [0.717, 1.165) is 81.7 Å². The summed E-state index contributed by atoms with van der Waals surface area (Å²) in [5, 5.41) is 1.02. The van der Waals surface area contributed by atoms with E-state index < -0.39 is 0 Å². The molecular formula is C26H31N3O2. The normalized spacial score (nSPS) is 18.5. The van der Waals surface area contributed by atoms with E-state index in [9.17, 15) is 4.79 Å². The number of aromatic nitrogens is 1. The fourth-order valence-corrected chi connectivity index (χ4v) is 4.91. The Morgan fingerprint density at radius 2 is 1.68 bits per heavy atom. The van der Waals surface area contributed by atoms with Gasteiger partial charge >= 0.3 is 0 Å². The maximum Gasteiger partial charge on any atom is 0.254 e. The summed E-state index contributed by atoms with van der Waals surface area (Å²) >= 11 is 0. The van der Waals surface area contributed by atoms with Crippen LogP contribution in [0.4, 0.5) is 0 Å². The third kappa shape index (κ3) is 4.68. The smallest absolute Gasteiger partial charge is 0.254 e. The Labute approximate surface area is 184 Å². The van der Waals surface area contributed by atoms with Crippen LogP contribution < -0.4 is 0 Å². The van der Waals surface area contributed by atoms with Crippen LogP contribution in [0.25, 0.3) is 10.9 Å². The zero-order chi connectivity index (χ0) is 21.0. The summed E-state index contributed by atoms with van der Waals surface area (Å²) in [6.07, 6.45) is 5.15. The van der Waals surface area contributed by atoms with Crippen LogP contribution in [-0.2, 0) is 17.7 Å². The van der Waals surface area contributed by atoms with Crippen molar-refractivity contribution in [3.63, 3.8) is 0 Å². The van der Waals surface area contributed by atoms with Crippen molar-refractivity contribution in [2.45, 2.75) is 25.8 Å². The number of likely N-dealkylation sites (tertiary alicyclic amines) is 1. The molecule has 0 atom stereocenters. The summed E-state index contributed by atoms with van der Waals surface area (Å²) < 4.78 is 5.44. The van der Waals surface area contributed by atoms with Crippen LogP contribution in [0.3, 0.4) is 0 Å². The molecule has 31 heavy (non-hydrogen) atoms. The van der Waals surface area contributed by atoms with E-state index in [1.54, 1.807) is 0 Å². The predicted molar refractivity (Wildman–Crippen MR) is 123 cm³/mol. The fourth-order valence-electron chi connectivity index (χ4n) is 4.91. The number of ether oxygens (including phenoxy) is 1. The van der Waals surface area contributed by atoms with Crippen molar-refractivity contribution in [1.82, 2.24) is 14.8 Å². The lowest BCUT2D eigenvalue weighted by molar-refractivity contribution is 0.0342. The molecule has 2 aliphatic heterocycles. The molecule has 1 aromatic heterocycles. The molecule has 1 amide bonds. The van der Waals surface area contributed by atoms with Gasteiger partial charge in [0.25, 0.3) is 5.91 Å². The average Bonchev–Trinajstić information content (AvgIpc) is 3.30. The van der Waals surface area contributed by atoms with Crippen molar-refractivity contribution in [1.29, 1.82) is 0 Å². The third-order valence-corrected chi connectivity index (χ3v) is 6.78. The van der Waals surface area contributed by atoms with E-state index in [4.69, 9.17) is 4.74 Å². The van der Waals surface area contributed by atoms with E-state index in [1.165, 1.54) is 11.1 Å². The van der Waals surface area contributed by atoms with Crippen LogP contribution in [0.15, 0.2) is 54.7 Å². The number of rotatable bonds is 5. The molecule has 0 radical (unpaired) electrons. The number of nitrogens with zero attached hydrogens (tertiary/aromatic N) is 2. The number of aromatic amines is 1. The van der Waals surface area contributed by atoms with Gasteiger partial charge in [0.2, 0.25) is 0 Å². The molecule has 0 unspecified atom stereocenters. The lowest BCUT2D eigenvalue weighted by atomic mass is 9.89. The summed E-state index contributed by atoms with van der Waals surface area (Å²) in [6.45, 7) is 6.45. The zero-order valence-corrected chi connectivity index (χ0v) is 18.1. The third-order valence-electron chi connectivity index (χ3n) is 6.78. The minimum absolute atomic E-state index is 0.163. The summed E-state index contributed by atoms with van der Waals surface area (Å²) in [5.41, 5.74) is 4.63. The first-order valence-corrected chi connectivity index (χ1v) is 11.5. The molecule has 2 fully saturated rings. The Hall–Kier alpha value is -2.63. The van der Waals surface area contributed by atoms with Gasteiger partial charge in [0, 0.05) is 55.4 Å². The van der Waals surface area contributed by atoms with Crippen LogP contribution in [0.2, 0.25) is 0 Å². The van der Waals surface area contributed by atoms with Crippen molar-refractivity contribution in [3.8, 4) is 0 Å². The molecule has 0 saturated carbocycles. The highest BCUT2D eigenvalue weighted by Crippen LogP contribution is 2.25. The fraction of sp³-hybridized carbons (Fsp3) is 0.423.